The molecule has 0 unspecified atom stereocenters. The number of hydrogen-bond acceptors (Lipinski definition) is 5. The number of nitrogens with one attached hydrogen (secondary N) is 3. The summed E-state index contributed by atoms with van der Waals surface area (Å²) in [4.78, 5) is 27.6. The second kappa shape index (κ2) is 6.67. The number of aromatic amines is 2. The molecule has 0 amide bonds. The molecule has 9 heteroatoms. The monoisotopic (exact) mass is 387 g/mol. The average molecular weight is 387 g/mol. The van der Waals surface area contributed by atoms with Crippen molar-refractivity contribution in [2.24, 2.45) is 5.92 Å². The zero-order valence-electron chi connectivity index (χ0n) is 14.2. The van der Waals surface area contributed by atoms with Crippen LogP contribution in [0.15, 0.2) is 56.9 Å². The van der Waals surface area contributed by atoms with Crippen molar-refractivity contribution in [3.63, 3.8) is 0 Å². The van der Waals surface area contributed by atoms with Gasteiger partial charge >= 0.3 is 11.1 Å². The lowest BCUT2D eigenvalue weighted by atomic mass is 9.97. The molecule has 2 heterocycles. The Morgan fingerprint density at radius 2 is 1.78 bits per heavy atom. The van der Waals surface area contributed by atoms with Crippen LogP contribution >= 0.6 is 0 Å². The molecule has 3 aromatic rings. The standard InChI is InChI=1S/C18H17N3O5S/c22-17-18(23)21-15-8-13(5-6-14(15)20-17)27(24,25)19-9-11-7-12-3-1-2-4-16(12)26-10-11/h1-6,8,11,19H,7,9-10H2,(H,20,22)(H,21,23)/t11-/m1/s1. The van der Waals surface area contributed by atoms with E-state index in [0.717, 1.165) is 17.7 Å². The zero-order chi connectivity index (χ0) is 19.0. The van der Waals surface area contributed by atoms with E-state index in [1.807, 2.05) is 24.3 Å². The highest BCUT2D eigenvalue weighted by Crippen LogP contribution is 2.26. The third-order valence-corrected chi connectivity index (χ3v) is 5.94. The van der Waals surface area contributed by atoms with Gasteiger partial charge in [0, 0.05) is 12.5 Å². The Bertz CT molecular complexity index is 1230. The van der Waals surface area contributed by atoms with E-state index in [9.17, 15) is 18.0 Å². The van der Waals surface area contributed by atoms with Crippen LogP contribution in [0.5, 0.6) is 5.75 Å². The van der Waals surface area contributed by atoms with Crippen LogP contribution < -0.4 is 20.6 Å². The highest BCUT2D eigenvalue weighted by molar-refractivity contribution is 7.89. The Kier molecular flexibility index (Phi) is 4.33. The number of para-hydroxylation sites is 1. The predicted molar refractivity (Wildman–Crippen MR) is 99.5 cm³/mol. The summed E-state index contributed by atoms with van der Waals surface area (Å²) in [5, 5.41) is 0. The van der Waals surface area contributed by atoms with Crippen molar-refractivity contribution >= 4 is 21.1 Å². The first kappa shape index (κ1) is 17.5. The lowest BCUT2D eigenvalue weighted by molar-refractivity contribution is 0.223. The van der Waals surface area contributed by atoms with Gasteiger partial charge in [-0.1, -0.05) is 18.2 Å². The van der Waals surface area contributed by atoms with Crippen molar-refractivity contribution < 1.29 is 13.2 Å². The summed E-state index contributed by atoms with van der Waals surface area (Å²) in [5.41, 5.74) is 0.0465. The molecule has 0 bridgehead atoms. The van der Waals surface area contributed by atoms with Gasteiger partial charge in [-0.3, -0.25) is 9.59 Å². The van der Waals surface area contributed by atoms with Crippen molar-refractivity contribution in [2.75, 3.05) is 13.2 Å². The molecule has 3 N–H and O–H groups in total. The third kappa shape index (κ3) is 3.51. The molecule has 1 aliphatic rings. The van der Waals surface area contributed by atoms with E-state index in [1.54, 1.807) is 0 Å². The van der Waals surface area contributed by atoms with Crippen LogP contribution in [-0.4, -0.2) is 31.5 Å². The smallest absolute Gasteiger partial charge is 0.314 e. The Morgan fingerprint density at radius 3 is 2.59 bits per heavy atom. The van der Waals surface area contributed by atoms with Crippen molar-refractivity contribution in [2.45, 2.75) is 11.3 Å². The van der Waals surface area contributed by atoms with Gasteiger partial charge in [0.05, 0.1) is 22.5 Å². The van der Waals surface area contributed by atoms with Gasteiger partial charge in [0.15, 0.2) is 0 Å². The molecule has 140 valence electrons. The van der Waals surface area contributed by atoms with Gasteiger partial charge in [0.1, 0.15) is 5.75 Å². The molecule has 8 nitrogen and oxygen atoms in total. The van der Waals surface area contributed by atoms with Crippen LogP contribution in [-0.2, 0) is 16.4 Å². The second-order valence-electron chi connectivity index (χ2n) is 6.46. The van der Waals surface area contributed by atoms with Gasteiger partial charge in [-0.2, -0.15) is 0 Å². The molecule has 0 spiro atoms. The number of H-pyrrole nitrogens is 2. The Labute approximate surface area is 154 Å². The molecule has 1 atom stereocenters. The maximum Gasteiger partial charge on any atom is 0.314 e. The molecule has 0 fully saturated rings. The Balaban J connectivity index is 1.52. The summed E-state index contributed by atoms with van der Waals surface area (Å²) in [6.45, 7) is 0.669. The third-order valence-electron chi connectivity index (χ3n) is 4.52. The first-order chi connectivity index (χ1) is 12.9. The highest BCUT2D eigenvalue weighted by Gasteiger charge is 2.22. The number of fused-ring (bicyclic) bond motifs is 2. The van der Waals surface area contributed by atoms with Gasteiger partial charge in [0.2, 0.25) is 10.0 Å². The fourth-order valence-electron chi connectivity index (χ4n) is 3.09. The van der Waals surface area contributed by atoms with Gasteiger partial charge in [0.25, 0.3) is 0 Å². The van der Waals surface area contributed by atoms with Crippen LogP contribution in [0.4, 0.5) is 0 Å². The van der Waals surface area contributed by atoms with Crippen LogP contribution in [0.2, 0.25) is 0 Å². The fourth-order valence-corrected chi connectivity index (χ4v) is 4.24. The molecule has 4 rings (SSSR count). The van der Waals surface area contributed by atoms with E-state index in [0.29, 0.717) is 12.1 Å². The van der Waals surface area contributed by atoms with Gasteiger partial charge in [-0.05, 0) is 36.2 Å². The summed E-state index contributed by atoms with van der Waals surface area (Å²) in [5.74, 6) is 0.857. The topological polar surface area (TPSA) is 121 Å². The van der Waals surface area contributed by atoms with Gasteiger partial charge in [-0.15, -0.1) is 0 Å². The van der Waals surface area contributed by atoms with Crippen molar-refractivity contribution in [1.29, 1.82) is 0 Å². The van der Waals surface area contributed by atoms with E-state index >= 15 is 0 Å². The van der Waals surface area contributed by atoms with Crippen molar-refractivity contribution in [1.82, 2.24) is 14.7 Å². The predicted octanol–water partition coefficient (Wildman–Crippen LogP) is 0.746. The summed E-state index contributed by atoms with van der Waals surface area (Å²) < 4.78 is 33.5. The second-order valence-corrected chi connectivity index (χ2v) is 8.22. The quantitative estimate of drug-likeness (QED) is 0.570. The molecular weight excluding hydrogens is 370 g/mol. The zero-order valence-corrected chi connectivity index (χ0v) is 15.0. The molecule has 1 aromatic heterocycles. The number of rotatable bonds is 4. The average Bonchev–Trinajstić information content (AvgIpc) is 2.67. The lowest BCUT2D eigenvalue weighted by Crippen LogP contribution is -2.35. The number of sulfonamides is 1. The minimum atomic E-state index is -3.77. The summed E-state index contributed by atoms with van der Waals surface area (Å²) in [7, 11) is -3.77. The SMILES string of the molecule is O=c1[nH]c2ccc(S(=O)(=O)NC[C@@H]3COc4ccccc4C3)cc2[nH]c1=O. The number of hydrogen-bond donors (Lipinski definition) is 3. The van der Waals surface area contributed by atoms with Crippen molar-refractivity contribution in [3.8, 4) is 5.75 Å². The molecule has 0 saturated carbocycles. The molecule has 0 aliphatic carbocycles. The van der Waals surface area contributed by atoms with Crippen LogP contribution in [0.25, 0.3) is 11.0 Å². The molecule has 2 aromatic carbocycles. The summed E-state index contributed by atoms with van der Waals surface area (Å²) in [6, 6.07) is 11.8. The molecule has 1 aliphatic heterocycles. The molecule has 0 saturated heterocycles. The molecule has 27 heavy (non-hydrogen) atoms. The maximum atomic E-state index is 12.6. The van der Waals surface area contributed by atoms with Crippen LogP contribution in [0.1, 0.15) is 5.56 Å². The van der Waals surface area contributed by atoms with Gasteiger partial charge < -0.3 is 14.7 Å². The minimum Gasteiger partial charge on any atom is -0.493 e. The summed E-state index contributed by atoms with van der Waals surface area (Å²) >= 11 is 0. The minimum absolute atomic E-state index is 0.00910. The molecular formula is C18H17N3O5S. The maximum absolute atomic E-state index is 12.6. The van der Waals surface area contributed by atoms with Gasteiger partial charge in [-0.25, -0.2) is 13.1 Å². The first-order valence-corrected chi connectivity index (χ1v) is 9.87. The summed E-state index contributed by atoms with van der Waals surface area (Å²) in [6.07, 6.45) is 0.727. The Hall–Kier alpha value is -2.91. The Morgan fingerprint density at radius 1 is 1.04 bits per heavy atom. The van der Waals surface area contributed by atoms with E-state index in [1.165, 1.54) is 18.2 Å². The fraction of sp³-hybridized carbons (Fsp3) is 0.222. The number of aromatic nitrogens is 2. The van der Waals surface area contributed by atoms with E-state index in [2.05, 4.69) is 14.7 Å². The van der Waals surface area contributed by atoms with Crippen molar-refractivity contribution in [3.05, 3.63) is 68.7 Å². The molecule has 0 radical (unpaired) electrons. The van der Waals surface area contributed by atoms with E-state index in [4.69, 9.17) is 4.74 Å². The van der Waals surface area contributed by atoms with E-state index in [-0.39, 0.29) is 22.9 Å². The largest absolute Gasteiger partial charge is 0.493 e. The van der Waals surface area contributed by atoms with Crippen LogP contribution in [0, 0.1) is 5.92 Å². The van der Waals surface area contributed by atoms with Crippen LogP contribution in [0.3, 0.4) is 0 Å². The number of ether oxygens (including phenoxy) is 1. The number of benzene rings is 2. The normalized spacial score (nSPS) is 16.7. The highest BCUT2D eigenvalue weighted by atomic mass is 32.2. The van der Waals surface area contributed by atoms with E-state index < -0.39 is 21.1 Å². The lowest BCUT2D eigenvalue weighted by Gasteiger charge is -2.25. The first-order valence-electron chi connectivity index (χ1n) is 8.39.